The normalized spacial score (nSPS) is 22.9. The molecule has 2 aliphatic heterocycles. The maximum Gasteiger partial charge on any atom is 0.410 e. The summed E-state index contributed by atoms with van der Waals surface area (Å²) in [5.41, 5.74) is 5.37. The highest BCUT2D eigenvalue weighted by Crippen LogP contribution is 2.35. The maximum atomic E-state index is 11.9. The van der Waals surface area contributed by atoms with Gasteiger partial charge in [-0.15, -0.1) is 12.6 Å². The lowest BCUT2D eigenvalue weighted by molar-refractivity contribution is -0.0485. The van der Waals surface area contributed by atoms with E-state index in [2.05, 4.69) is 19.2 Å². The van der Waals surface area contributed by atoms with Crippen LogP contribution in [0.2, 0.25) is 0 Å². The van der Waals surface area contributed by atoms with Crippen molar-refractivity contribution in [2.24, 2.45) is 5.73 Å². The van der Waals surface area contributed by atoms with Crippen molar-refractivity contribution < 1.29 is 14.3 Å². The summed E-state index contributed by atoms with van der Waals surface area (Å²) in [6.45, 7) is 13.1. The molecule has 0 aliphatic carbocycles. The van der Waals surface area contributed by atoms with Crippen molar-refractivity contribution in [2.75, 3.05) is 19.7 Å². The van der Waals surface area contributed by atoms with Crippen LogP contribution in [0.5, 0.6) is 0 Å². The Bertz CT molecular complexity index is 530. The lowest BCUT2D eigenvalue weighted by Crippen LogP contribution is -2.48. The first kappa shape index (κ1) is 22.8. The molecule has 1 spiro atoms. The number of ether oxygens (including phenoxy) is 2. The van der Waals surface area contributed by atoms with Crippen LogP contribution in [0.3, 0.4) is 0 Å². The van der Waals surface area contributed by atoms with Crippen molar-refractivity contribution in [3.05, 3.63) is 35.8 Å². The van der Waals surface area contributed by atoms with E-state index in [1.54, 1.807) is 11.0 Å². The molecule has 1 amide bonds. The van der Waals surface area contributed by atoms with E-state index in [0.717, 1.165) is 24.2 Å². The van der Waals surface area contributed by atoms with Gasteiger partial charge in [0.05, 0.1) is 12.2 Å². The minimum absolute atomic E-state index is 0.0854. The fourth-order valence-corrected chi connectivity index (χ4v) is 3.00. The second kappa shape index (κ2) is 10.2. The van der Waals surface area contributed by atoms with E-state index >= 15 is 0 Å². The highest BCUT2D eigenvalue weighted by Gasteiger charge is 2.42. The topological polar surface area (TPSA) is 64.8 Å². The minimum Gasteiger partial charge on any atom is -0.444 e. The van der Waals surface area contributed by atoms with Crippen LogP contribution in [0.25, 0.3) is 0 Å². The number of piperidine rings is 1. The summed E-state index contributed by atoms with van der Waals surface area (Å²) in [5.74, 6) is 0. The number of carbonyl (C=O) groups is 1. The van der Waals surface area contributed by atoms with E-state index < -0.39 is 5.60 Å². The van der Waals surface area contributed by atoms with Crippen LogP contribution in [0.15, 0.2) is 35.8 Å². The molecule has 1 atom stereocenters. The van der Waals surface area contributed by atoms with Gasteiger partial charge < -0.3 is 20.1 Å². The van der Waals surface area contributed by atoms with E-state index in [1.807, 2.05) is 45.9 Å². The molecule has 6 heteroatoms. The summed E-state index contributed by atoms with van der Waals surface area (Å²) >= 11 is 4.09. The highest BCUT2D eigenvalue weighted by molar-refractivity contribution is 7.84. The number of nitrogens with two attached hydrogens (primary N) is 1. The van der Waals surface area contributed by atoms with Gasteiger partial charge in [-0.3, -0.25) is 0 Å². The molecular formula is C20H34N2O3S. The molecule has 2 saturated heterocycles. The Balaban J connectivity index is 0.000000359. The fraction of sp³-hybridized carbons (Fsp3) is 0.650. The van der Waals surface area contributed by atoms with Crippen LogP contribution >= 0.6 is 12.6 Å². The van der Waals surface area contributed by atoms with Crippen molar-refractivity contribution in [2.45, 2.75) is 64.2 Å². The molecule has 0 aromatic carbocycles. The molecule has 1 unspecified atom stereocenters. The van der Waals surface area contributed by atoms with Crippen molar-refractivity contribution in [3.8, 4) is 0 Å². The molecule has 0 saturated carbocycles. The van der Waals surface area contributed by atoms with Crippen molar-refractivity contribution in [1.82, 2.24) is 4.90 Å². The lowest BCUT2D eigenvalue weighted by atomic mass is 9.88. The Morgan fingerprint density at radius 2 is 2.00 bits per heavy atom. The number of allylic oxidation sites excluding steroid dienone is 4. The van der Waals surface area contributed by atoms with Crippen molar-refractivity contribution in [1.29, 1.82) is 0 Å². The highest BCUT2D eigenvalue weighted by atomic mass is 32.1. The molecule has 26 heavy (non-hydrogen) atoms. The van der Waals surface area contributed by atoms with Gasteiger partial charge in [-0.1, -0.05) is 24.8 Å². The molecule has 2 aliphatic rings. The Kier molecular flexibility index (Phi) is 8.93. The van der Waals surface area contributed by atoms with Gasteiger partial charge in [-0.2, -0.15) is 0 Å². The van der Waals surface area contributed by atoms with Gasteiger partial charge in [0.15, 0.2) is 0 Å². The van der Waals surface area contributed by atoms with Gasteiger partial charge in [-0.05, 0) is 57.9 Å². The average molecular weight is 383 g/mol. The van der Waals surface area contributed by atoms with Gasteiger partial charge in [0.1, 0.15) is 5.60 Å². The van der Waals surface area contributed by atoms with Crippen LogP contribution in [-0.2, 0) is 9.47 Å². The van der Waals surface area contributed by atoms with E-state index in [-0.39, 0.29) is 17.7 Å². The lowest BCUT2D eigenvalue weighted by Gasteiger charge is -2.38. The Morgan fingerprint density at radius 1 is 1.38 bits per heavy atom. The smallest absolute Gasteiger partial charge is 0.410 e. The summed E-state index contributed by atoms with van der Waals surface area (Å²) < 4.78 is 11.2. The second-order valence-corrected chi connectivity index (χ2v) is 8.25. The first-order valence-electron chi connectivity index (χ1n) is 9.12. The van der Waals surface area contributed by atoms with Gasteiger partial charge in [0.2, 0.25) is 0 Å². The van der Waals surface area contributed by atoms with Crippen LogP contribution in [-0.4, -0.2) is 47.9 Å². The molecule has 0 aromatic heterocycles. The number of likely N-dealkylation sites (tertiary alicyclic amines) is 1. The number of rotatable bonds is 2. The number of carbonyl (C=O) groups excluding carboxylic acids is 1. The zero-order chi connectivity index (χ0) is 19.8. The van der Waals surface area contributed by atoms with Crippen molar-refractivity contribution in [3.63, 3.8) is 0 Å². The summed E-state index contributed by atoms with van der Waals surface area (Å²) in [4.78, 5) is 14.6. The summed E-state index contributed by atoms with van der Waals surface area (Å²) in [7, 11) is 0. The van der Waals surface area contributed by atoms with Crippen LogP contribution in [0.1, 0.15) is 47.0 Å². The molecule has 0 aromatic rings. The summed E-state index contributed by atoms with van der Waals surface area (Å²) in [6, 6.07) is 0.151. The van der Waals surface area contributed by atoms with E-state index in [4.69, 9.17) is 15.2 Å². The predicted molar refractivity (Wildman–Crippen MR) is 110 cm³/mol. The Labute approximate surface area is 163 Å². The first-order chi connectivity index (χ1) is 12.1. The first-order valence-corrected chi connectivity index (χ1v) is 9.57. The Hall–Kier alpha value is -1.24. The van der Waals surface area contributed by atoms with Crippen molar-refractivity contribution >= 4 is 18.7 Å². The van der Waals surface area contributed by atoms with E-state index in [9.17, 15) is 4.79 Å². The molecule has 5 nitrogen and oxygen atoms in total. The number of nitrogens with zero attached hydrogens (tertiary/aromatic N) is 1. The third kappa shape index (κ3) is 7.98. The Morgan fingerprint density at radius 3 is 2.42 bits per heavy atom. The molecule has 2 rings (SSSR count). The quantitative estimate of drug-likeness (QED) is 0.558. The van der Waals surface area contributed by atoms with Crippen LogP contribution in [0.4, 0.5) is 4.79 Å². The third-order valence-corrected chi connectivity index (χ3v) is 4.67. The van der Waals surface area contributed by atoms with E-state index in [1.165, 1.54) is 0 Å². The van der Waals surface area contributed by atoms with Crippen LogP contribution < -0.4 is 5.73 Å². The zero-order valence-electron chi connectivity index (χ0n) is 16.5. The molecular weight excluding hydrogens is 348 g/mol. The number of hydrogen-bond donors (Lipinski definition) is 2. The predicted octanol–water partition coefficient (Wildman–Crippen LogP) is 4.07. The molecule has 2 heterocycles. The van der Waals surface area contributed by atoms with Gasteiger partial charge in [0, 0.05) is 19.1 Å². The fourth-order valence-electron chi connectivity index (χ4n) is 2.91. The summed E-state index contributed by atoms with van der Waals surface area (Å²) in [5, 5.41) is 0. The molecule has 2 fully saturated rings. The largest absolute Gasteiger partial charge is 0.444 e. The third-order valence-electron chi connectivity index (χ3n) is 4.26. The number of hydrogen-bond acceptors (Lipinski definition) is 5. The SMILES string of the molecule is C=C/C=C\C(S)=C/C.CC(C)(C)OC(=O)N1CCC2(CC1)CC(N)CO2. The summed E-state index contributed by atoms with van der Waals surface area (Å²) in [6.07, 6.45) is 9.79. The van der Waals surface area contributed by atoms with Gasteiger partial charge in [0.25, 0.3) is 0 Å². The number of thiol groups is 1. The molecule has 0 bridgehead atoms. The average Bonchev–Trinajstić information content (AvgIpc) is 2.92. The monoisotopic (exact) mass is 382 g/mol. The van der Waals surface area contributed by atoms with Gasteiger partial charge >= 0.3 is 6.09 Å². The minimum atomic E-state index is -0.432. The molecule has 0 radical (unpaired) electrons. The molecule has 148 valence electrons. The van der Waals surface area contributed by atoms with E-state index in [0.29, 0.717) is 19.7 Å². The van der Waals surface area contributed by atoms with Gasteiger partial charge in [-0.25, -0.2) is 4.79 Å². The molecule has 2 N–H and O–H groups in total. The second-order valence-electron chi connectivity index (χ2n) is 7.73. The zero-order valence-corrected chi connectivity index (χ0v) is 17.4. The maximum absolute atomic E-state index is 11.9. The standard InChI is InChI=1S/C13H24N2O3.C7H10S/c1-12(2,3)18-11(16)15-6-4-13(5-7-15)8-10(14)9-17-13;1-3-5-6-7(8)4-2/h10H,4-9,14H2,1-3H3;3-6,8H,1H2,2H3/b;6-5-,7-4+. The van der Waals surface area contributed by atoms with Crippen LogP contribution in [0, 0.1) is 0 Å². The number of amides is 1.